The molecule has 12 heavy (non-hydrogen) atoms. The predicted octanol–water partition coefficient (Wildman–Crippen LogP) is 2.15. The average molecular weight is 179 g/mol. The second kappa shape index (κ2) is 2.75. The molecular weight excluding hydrogens is 170 g/mol. The largest absolute Gasteiger partial charge is 0.277 e. The number of H-pyrrole nitrogens is 1. The molecule has 62 valence electrons. The van der Waals surface area contributed by atoms with Gasteiger partial charge in [-0.15, -0.1) is 0 Å². The SMILES string of the molecule is CCc1ccc2s[nH]c(=O)c2c1. The highest BCUT2D eigenvalue weighted by Crippen LogP contribution is 2.15. The van der Waals surface area contributed by atoms with E-state index in [-0.39, 0.29) is 5.56 Å². The Labute approximate surface area is 74.0 Å². The van der Waals surface area contributed by atoms with Gasteiger partial charge in [0.05, 0.1) is 10.1 Å². The fourth-order valence-electron chi connectivity index (χ4n) is 1.22. The Morgan fingerprint density at radius 2 is 2.33 bits per heavy atom. The van der Waals surface area contributed by atoms with Crippen LogP contribution in [0.3, 0.4) is 0 Å². The van der Waals surface area contributed by atoms with Crippen LogP contribution >= 0.6 is 11.5 Å². The van der Waals surface area contributed by atoms with Gasteiger partial charge in [-0.1, -0.05) is 24.5 Å². The molecule has 0 spiro atoms. The van der Waals surface area contributed by atoms with Crippen molar-refractivity contribution in [2.24, 2.45) is 0 Å². The van der Waals surface area contributed by atoms with Crippen molar-refractivity contribution in [2.45, 2.75) is 13.3 Å². The first kappa shape index (κ1) is 7.55. The molecule has 0 aliphatic carbocycles. The Kier molecular flexibility index (Phi) is 1.73. The van der Waals surface area contributed by atoms with Gasteiger partial charge in [-0.25, -0.2) is 0 Å². The molecule has 0 atom stereocenters. The molecule has 1 heterocycles. The summed E-state index contributed by atoms with van der Waals surface area (Å²) in [6, 6.07) is 6.02. The molecule has 0 bridgehead atoms. The number of nitrogens with one attached hydrogen (secondary N) is 1. The van der Waals surface area contributed by atoms with Gasteiger partial charge >= 0.3 is 0 Å². The molecule has 0 fully saturated rings. The molecular formula is C9H9NOS. The Morgan fingerprint density at radius 1 is 1.50 bits per heavy atom. The summed E-state index contributed by atoms with van der Waals surface area (Å²) < 4.78 is 3.75. The summed E-state index contributed by atoms with van der Waals surface area (Å²) in [6.07, 6.45) is 0.977. The lowest BCUT2D eigenvalue weighted by molar-refractivity contribution is 1.15. The summed E-state index contributed by atoms with van der Waals surface area (Å²) >= 11 is 1.40. The van der Waals surface area contributed by atoms with Gasteiger partial charge in [0.25, 0.3) is 5.56 Å². The van der Waals surface area contributed by atoms with Crippen molar-refractivity contribution in [3.05, 3.63) is 34.1 Å². The lowest BCUT2D eigenvalue weighted by Gasteiger charge is -1.93. The van der Waals surface area contributed by atoms with Crippen LogP contribution in [0.5, 0.6) is 0 Å². The Hall–Kier alpha value is -1.09. The standard InChI is InChI=1S/C9H9NOS/c1-2-6-3-4-8-7(5-6)9(11)10-12-8/h3-5H,2H2,1H3,(H,10,11). The first-order chi connectivity index (χ1) is 5.81. The van der Waals surface area contributed by atoms with Crippen molar-refractivity contribution in [1.82, 2.24) is 4.37 Å². The number of fused-ring (bicyclic) bond motifs is 1. The molecule has 1 N–H and O–H groups in total. The minimum Gasteiger partial charge on any atom is -0.277 e. The van der Waals surface area contributed by atoms with Crippen molar-refractivity contribution in [3.8, 4) is 0 Å². The average Bonchev–Trinajstić information content (AvgIpc) is 2.47. The van der Waals surface area contributed by atoms with E-state index in [9.17, 15) is 4.79 Å². The highest BCUT2D eigenvalue weighted by molar-refractivity contribution is 7.13. The van der Waals surface area contributed by atoms with Crippen LogP contribution in [0.1, 0.15) is 12.5 Å². The highest BCUT2D eigenvalue weighted by atomic mass is 32.1. The van der Waals surface area contributed by atoms with E-state index < -0.39 is 0 Å². The molecule has 0 saturated carbocycles. The van der Waals surface area contributed by atoms with Crippen LogP contribution in [0.15, 0.2) is 23.0 Å². The summed E-state index contributed by atoms with van der Waals surface area (Å²) in [4.78, 5) is 11.2. The number of aromatic amines is 1. The smallest absolute Gasteiger partial charge is 0.265 e. The van der Waals surface area contributed by atoms with Crippen LogP contribution in [0.4, 0.5) is 0 Å². The molecule has 0 aliphatic heterocycles. The molecule has 0 saturated heterocycles. The second-order valence-corrected chi connectivity index (χ2v) is 3.57. The van der Waals surface area contributed by atoms with Crippen molar-refractivity contribution in [3.63, 3.8) is 0 Å². The van der Waals surface area contributed by atoms with Crippen LogP contribution in [0.2, 0.25) is 0 Å². The van der Waals surface area contributed by atoms with Crippen LogP contribution in [-0.4, -0.2) is 4.37 Å². The molecule has 2 rings (SSSR count). The quantitative estimate of drug-likeness (QED) is 0.714. The molecule has 1 aromatic heterocycles. The summed E-state index contributed by atoms with van der Waals surface area (Å²) in [5.74, 6) is 0. The van der Waals surface area contributed by atoms with E-state index in [0.29, 0.717) is 0 Å². The number of aryl methyl sites for hydroxylation is 1. The molecule has 0 radical (unpaired) electrons. The van der Waals surface area contributed by atoms with Crippen LogP contribution in [0.25, 0.3) is 10.1 Å². The topological polar surface area (TPSA) is 32.9 Å². The van der Waals surface area contributed by atoms with Gasteiger partial charge < -0.3 is 0 Å². The zero-order valence-electron chi connectivity index (χ0n) is 6.76. The minimum absolute atomic E-state index is 0.0327. The van der Waals surface area contributed by atoms with Crippen molar-refractivity contribution >= 4 is 21.6 Å². The van der Waals surface area contributed by atoms with Crippen molar-refractivity contribution in [2.75, 3.05) is 0 Å². The van der Waals surface area contributed by atoms with Gasteiger partial charge in [0, 0.05) is 0 Å². The lowest BCUT2D eigenvalue weighted by atomic mass is 10.1. The van der Waals surface area contributed by atoms with Crippen LogP contribution in [0, 0.1) is 0 Å². The van der Waals surface area contributed by atoms with Crippen LogP contribution < -0.4 is 5.56 Å². The Bertz CT molecular complexity index is 455. The van der Waals surface area contributed by atoms with Gasteiger partial charge in [0.1, 0.15) is 0 Å². The Morgan fingerprint density at radius 3 is 3.08 bits per heavy atom. The summed E-state index contributed by atoms with van der Waals surface area (Å²) in [6.45, 7) is 2.09. The predicted molar refractivity (Wildman–Crippen MR) is 51.8 cm³/mol. The third-order valence-electron chi connectivity index (χ3n) is 1.95. The zero-order chi connectivity index (χ0) is 8.55. The van der Waals surface area contributed by atoms with E-state index in [1.54, 1.807) is 0 Å². The maximum absolute atomic E-state index is 11.2. The van der Waals surface area contributed by atoms with E-state index in [1.165, 1.54) is 17.1 Å². The molecule has 3 heteroatoms. The molecule has 2 aromatic rings. The monoisotopic (exact) mass is 179 g/mol. The number of hydrogen-bond acceptors (Lipinski definition) is 2. The highest BCUT2D eigenvalue weighted by Gasteiger charge is 2.00. The number of hydrogen-bond donors (Lipinski definition) is 1. The molecule has 0 unspecified atom stereocenters. The zero-order valence-corrected chi connectivity index (χ0v) is 7.57. The van der Waals surface area contributed by atoms with Crippen molar-refractivity contribution in [1.29, 1.82) is 0 Å². The minimum atomic E-state index is 0.0327. The van der Waals surface area contributed by atoms with E-state index >= 15 is 0 Å². The Balaban J connectivity index is 2.80. The number of rotatable bonds is 1. The van der Waals surface area contributed by atoms with Gasteiger partial charge in [0.2, 0.25) is 0 Å². The third kappa shape index (κ3) is 1.06. The summed E-state index contributed by atoms with van der Waals surface area (Å²) in [7, 11) is 0. The first-order valence-electron chi connectivity index (χ1n) is 3.91. The number of aromatic nitrogens is 1. The second-order valence-electron chi connectivity index (χ2n) is 2.72. The van der Waals surface area contributed by atoms with Crippen LogP contribution in [-0.2, 0) is 6.42 Å². The van der Waals surface area contributed by atoms with Crippen molar-refractivity contribution < 1.29 is 0 Å². The fraction of sp³-hybridized carbons (Fsp3) is 0.222. The number of benzene rings is 1. The molecule has 2 nitrogen and oxygen atoms in total. The molecule has 0 aliphatic rings. The summed E-state index contributed by atoms with van der Waals surface area (Å²) in [5, 5.41) is 0.819. The van der Waals surface area contributed by atoms with Gasteiger partial charge in [-0.3, -0.25) is 9.17 Å². The van der Waals surface area contributed by atoms with E-state index in [1.807, 2.05) is 12.1 Å². The van der Waals surface area contributed by atoms with Gasteiger partial charge in [0.15, 0.2) is 0 Å². The maximum Gasteiger partial charge on any atom is 0.265 e. The maximum atomic E-state index is 11.2. The fourth-order valence-corrected chi connectivity index (χ4v) is 1.93. The van der Waals surface area contributed by atoms with E-state index in [4.69, 9.17) is 0 Å². The normalized spacial score (nSPS) is 10.8. The summed E-state index contributed by atoms with van der Waals surface area (Å²) in [5.41, 5.74) is 1.25. The van der Waals surface area contributed by atoms with E-state index in [0.717, 1.165) is 16.5 Å². The first-order valence-corrected chi connectivity index (χ1v) is 4.73. The van der Waals surface area contributed by atoms with Gasteiger partial charge in [-0.05, 0) is 24.1 Å². The van der Waals surface area contributed by atoms with Gasteiger partial charge in [-0.2, -0.15) is 0 Å². The third-order valence-corrected chi connectivity index (χ3v) is 2.81. The lowest BCUT2D eigenvalue weighted by Crippen LogP contribution is -1.96. The molecule has 1 aromatic carbocycles. The van der Waals surface area contributed by atoms with E-state index in [2.05, 4.69) is 17.4 Å². The molecule has 0 amide bonds.